The minimum Gasteiger partial charge on any atom is -0.480 e. The second-order valence-electron chi connectivity index (χ2n) is 7.02. The predicted molar refractivity (Wildman–Crippen MR) is 82.3 cm³/mol. The Bertz CT molecular complexity index is 554. The van der Waals surface area contributed by atoms with Crippen molar-refractivity contribution in [2.75, 3.05) is 4.90 Å². The van der Waals surface area contributed by atoms with E-state index in [9.17, 15) is 14.3 Å². The first-order valence-electron chi connectivity index (χ1n) is 7.46. The summed E-state index contributed by atoms with van der Waals surface area (Å²) in [7, 11) is 0. The Morgan fingerprint density at radius 1 is 1.43 bits per heavy atom. The molecule has 0 aliphatic carbocycles. The van der Waals surface area contributed by atoms with Crippen molar-refractivity contribution in [3.05, 3.63) is 29.6 Å². The molecule has 4 heteroatoms. The molecule has 0 aromatic heterocycles. The Kier molecular flexibility index (Phi) is 4.00. The van der Waals surface area contributed by atoms with Crippen molar-refractivity contribution in [1.29, 1.82) is 0 Å². The number of nitrogens with zero attached hydrogens (tertiary/aromatic N) is 1. The number of anilines is 1. The molecule has 1 N–H and O–H groups in total. The fourth-order valence-electron chi connectivity index (χ4n) is 3.64. The Balaban J connectivity index is 2.62. The number of hydrogen-bond donors (Lipinski definition) is 1. The van der Waals surface area contributed by atoms with Crippen LogP contribution in [0.25, 0.3) is 0 Å². The SMILES string of the molecule is CC(C)[C@@H](C(=O)O)N1c2ccc(F)cc2[C@H](C)CC1(C)C. The number of halogens is 1. The molecule has 116 valence electrons. The van der Waals surface area contributed by atoms with Gasteiger partial charge in [0.25, 0.3) is 0 Å². The molecule has 1 aliphatic heterocycles. The molecule has 0 fully saturated rings. The first-order chi connectivity index (χ1) is 9.65. The fourth-order valence-corrected chi connectivity index (χ4v) is 3.64. The Morgan fingerprint density at radius 2 is 2.05 bits per heavy atom. The molecule has 3 nitrogen and oxygen atoms in total. The highest BCUT2D eigenvalue weighted by Crippen LogP contribution is 2.45. The van der Waals surface area contributed by atoms with E-state index in [4.69, 9.17) is 0 Å². The van der Waals surface area contributed by atoms with Crippen molar-refractivity contribution < 1.29 is 14.3 Å². The van der Waals surface area contributed by atoms with Gasteiger partial charge in [-0.2, -0.15) is 0 Å². The standard InChI is InChI=1S/C17H24FNO2/c1-10(2)15(16(20)21)19-14-7-6-12(18)8-13(14)11(3)9-17(19,4)5/h6-8,10-11,15H,9H2,1-5H3,(H,20,21)/t11-,15+/m1/s1. The first kappa shape index (κ1) is 15.8. The van der Waals surface area contributed by atoms with Gasteiger partial charge in [-0.05, 0) is 55.9 Å². The van der Waals surface area contributed by atoms with E-state index < -0.39 is 12.0 Å². The highest BCUT2D eigenvalue weighted by Gasteiger charge is 2.43. The summed E-state index contributed by atoms with van der Waals surface area (Å²) in [6, 6.07) is 4.07. The van der Waals surface area contributed by atoms with E-state index in [0.29, 0.717) is 0 Å². The lowest BCUT2D eigenvalue weighted by molar-refractivity contribution is -0.140. The van der Waals surface area contributed by atoms with Crippen LogP contribution in [0.5, 0.6) is 0 Å². The average Bonchev–Trinajstić information content (AvgIpc) is 2.33. The predicted octanol–water partition coefficient (Wildman–Crippen LogP) is 4.03. The minimum absolute atomic E-state index is 0.0342. The molecule has 0 saturated heterocycles. The molecule has 21 heavy (non-hydrogen) atoms. The maximum Gasteiger partial charge on any atom is 0.326 e. The number of carbonyl (C=O) groups is 1. The number of benzene rings is 1. The van der Waals surface area contributed by atoms with E-state index in [1.165, 1.54) is 6.07 Å². The van der Waals surface area contributed by atoms with Gasteiger partial charge in [0.05, 0.1) is 0 Å². The van der Waals surface area contributed by atoms with Gasteiger partial charge < -0.3 is 10.0 Å². The summed E-state index contributed by atoms with van der Waals surface area (Å²) >= 11 is 0. The van der Waals surface area contributed by atoms with E-state index in [0.717, 1.165) is 17.7 Å². The third-order valence-electron chi connectivity index (χ3n) is 4.40. The monoisotopic (exact) mass is 293 g/mol. The number of carboxylic acids is 1. The molecule has 0 spiro atoms. The summed E-state index contributed by atoms with van der Waals surface area (Å²) in [5.74, 6) is -0.920. The molecule has 0 amide bonds. The number of aliphatic carboxylic acids is 1. The molecular weight excluding hydrogens is 269 g/mol. The van der Waals surface area contributed by atoms with E-state index in [1.807, 2.05) is 18.7 Å². The lowest BCUT2D eigenvalue weighted by Crippen LogP contribution is -2.58. The van der Waals surface area contributed by atoms with Crippen molar-refractivity contribution in [1.82, 2.24) is 0 Å². The van der Waals surface area contributed by atoms with Crippen LogP contribution in [-0.2, 0) is 4.79 Å². The number of hydrogen-bond acceptors (Lipinski definition) is 2. The zero-order valence-corrected chi connectivity index (χ0v) is 13.4. The summed E-state index contributed by atoms with van der Waals surface area (Å²) in [6.45, 7) is 10.0. The molecule has 0 saturated carbocycles. The molecule has 0 radical (unpaired) electrons. The Labute approximate surface area is 125 Å². The van der Waals surface area contributed by atoms with Crippen LogP contribution in [0.4, 0.5) is 10.1 Å². The summed E-state index contributed by atoms with van der Waals surface area (Å²) in [5.41, 5.74) is 1.47. The molecule has 0 unspecified atom stereocenters. The second-order valence-corrected chi connectivity index (χ2v) is 7.02. The number of rotatable bonds is 3. The van der Waals surface area contributed by atoms with Crippen LogP contribution in [0.2, 0.25) is 0 Å². The Hall–Kier alpha value is -1.58. The molecular formula is C17H24FNO2. The maximum absolute atomic E-state index is 13.6. The molecule has 1 aromatic carbocycles. The van der Waals surface area contributed by atoms with E-state index in [1.54, 1.807) is 12.1 Å². The second kappa shape index (κ2) is 5.32. The molecule has 1 heterocycles. The number of fused-ring (bicyclic) bond motifs is 1. The van der Waals surface area contributed by atoms with Gasteiger partial charge in [-0.3, -0.25) is 0 Å². The van der Waals surface area contributed by atoms with Gasteiger partial charge in [-0.15, -0.1) is 0 Å². The van der Waals surface area contributed by atoms with Crippen LogP contribution in [0.1, 0.15) is 52.5 Å². The zero-order valence-electron chi connectivity index (χ0n) is 13.4. The average molecular weight is 293 g/mol. The van der Waals surface area contributed by atoms with Crippen LogP contribution < -0.4 is 4.90 Å². The van der Waals surface area contributed by atoms with Gasteiger partial charge in [-0.1, -0.05) is 20.8 Å². The van der Waals surface area contributed by atoms with Gasteiger partial charge in [0.1, 0.15) is 11.9 Å². The molecule has 0 bridgehead atoms. The lowest BCUT2D eigenvalue weighted by atomic mass is 9.78. The van der Waals surface area contributed by atoms with Crippen LogP contribution in [0.15, 0.2) is 18.2 Å². The van der Waals surface area contributed by atoms with Crippen molar-refractivity contribution in [2.45, 2.75) is 58.5 Å². The Morgan fingerprint density at radius 3 is 2.57 bits per heavy atom. The number of carboxylic acid groups (broad SMARTS) is 1. The lowest BCUT2D eigenvalue weighted by Gasteiger charge is -2.51. The summed E-state index contributed by atoms with van der Waals surface area (Å²) in [4.78, 5) is 13.7. The summed E-state index contributed by atoms with van der Waals surface area (Å²) in [6.07, 6.45) is 0.806. The van der Waals surface area contributed by atoms with Gasteiger partial charge in [-0.25, -0.2) is 9.18 Å². The van der Waals surface area contributed by atoms with Crippen molar-refractivity contribution >= 4 is 11.7 Å². The van der Waals surface area contributed by atoms with Crippen LogP contribution in [-0.4, -0.2) is 22.7 Å². The van der Waals surface area contributed by atoms with Crippen molar-refractivity contribution in [3.8, 4) is 0 Å². The van der Waals surface area contributed by atoms with Crippen LogP contribution in [0.3, 0.4) is 0 Å². The normalized spacial score (nSPS) is 22.0. The van der Waals surface area contributed by atoms with E-state index in [-0.39, 0.29) is 23.2 Å². The minimum atomic E-state index is -0.831. The smallest absolute Gasteiger partial charge is 0.326 e. The molecule has 1 aromatic rings. The molecule has 2 rings (SSSR count). The third-order valence-corrected chi connectivity index (χ3v) is 4.40. The fraction of sp³-hybridized carbons (Fsp3) is 0.588. The van der Waals surface area contributed by atoms with E-state index in [2.05, 4.69) is 20.8 Å². The molecule has 1 aliphatic rings. The molecule has 2 atom stereocenters. The van der Waals surface area contributed by atoms with Crippen molar-refractivity contribution in [2.24, 2.45) is 5.92 Å². The van der Waals surface area contributed by atoms with Gasteiger partial charge in [0, 0.05) is 11.2 Å². The van der Waals surface area contributed by atoms with Crippen LogP contribution in [0, 0.1) is 11.7 Å². The topological polar surface area (TPSA) is 40.5 Å². The van der Waals surface area contributed by atoms with Gasteiger partial charge >= 0.3 is 5.97 Å². The van der Waals surface area contributed by atoms with E-state index >= 15 is 0 Å². The first-order valence-corrected chi connectivity index (χ1v) is 7.46. The van der Waals surface area contributed by atoms with Crippen LogP contribution >= 0.6 is 0 Å². The van der Waals surface area contributed by atoms with Gasteiger partial charge in [0.15, 0.2) is 0 Å². The highest BCUT2D eigenvalue weighted by molar-refractivity contribution is 5.80. The van der Waals surface area contributed by atoms with Crippen molar-refractivity contribution in [3.63, 3.8) is 0 Å². The highest BCUT2D eigenvalue weighted by atomic mass is 19.1. The third kappa shape index (κ3) is 2.76. The maximum atomic E-state index is 13.6. The summed E-state index contributed by atoms with van der Waals surface area (Å²) in [5, 5.41) is 9.66. The van der Waals surface area contributed by atoms with Gasteiger partial charge in [0.2, 0.25) is 0 Å². The largest absolute Gasteiger partial charge is 0.480 e. The summed E-state index contributed by atoms with van der Waals surface area (Å²) < 4.78 is 13.6. The quantitative estimate of drug-likeness (QED) is 0.914. The zero-order chi connectivity index (χ0) is 15.9.